The molecule has 7 heteroatoms. The molecule has 0 spiro atoms. The largest absolute Gasteiger partial charge is 0.493 e. The van der Waals surface area contributed by atoms with Gasteiger partial charge in [0.15, 0.2) is 17.5 Å². The lowest BCUT2D eigenvalue weighted by molar-refractivity contribution is -1.02. The number of hydrogen-bond donors (Lipinski definition) is 3. The minimum atomic E-state index is -0.410. The van der Waals surface area contributed by atoms with E-state index in [9.17, 15) is 9.18 Å². The molecule has 0 radical (unpaired) electrons. The van der Waals surface area contributed by atoms with Crippen LogP contribution >= 0.6 is 0 Å². The van der Waals surface area contributed by atoms with Crippen molar-refractivity contribution in [2.24, 2.45) is 0 Å². The van der Waals surface area contributed by atoms with E-state index >= 15 is 0 Å². The predicted molar refractivity (Wildman–Crippen MR) is 114 cm³/mol. The van der Waals surface area contributed by atoms with Gasteiger partial charge >= 0.3 is 0 Å². The van der Waals surface area contributed by atoms with Crippen molar-refractivity contribution in [3.05, 3.63) is 53.3 Å². The zero-order chi connectivity index (χ0) is 21.7. The second-order valence-electron chi connectivity index (χ2n) is 7.91. The third kappa shape index (κ3) is 5.09. The number of aryl methyl sites for hydroxylation is 1. The van der Waals surface area contributed by atoms with Crippen LogP contribution < -0.4 is 24.6 Å². The maximum absolute atomic E-state index is 13.8. The van der Waals surface area contributed by atoms with Gasteiger partial charge in [-0.05, 0) is 43.7 Å². The summed E-state index contributed by atoms with van der Waals surface area (Å²) in [5, 5.41) is 2.72. The summed E-state index contributed by atoms with van der Waals surface area (Å²) < 4.78 is 24.6. The van der Waals surface area contributed by atoms with Crippen molar-refractivity contribution in [1.29, 1.82) is 0 Å². The zero-order valence-electron chi connectivity index (χ0n) is 18.2. The smallest absolute Gasteiger partial charge is 0.282 e. The number of methoxy groups -OCH3 is 2. The maximum atomic E-state index is 13.8. The summed E-state index contributed by atoms with van der Waals surface area (Å²) in [6.45, 7) is 8.65. The van der Waals surface area contributed by atoms with Crippen molar-refractivity contribution in [3.8, 4) is 11.5 Å². The Kier molecular flexibility index (Phi) is 7.29. The topological polar surface area (TPSA) is 56.4 Å². The summed E-state index contributed by atoms with van der Waals surface area (Å²) in [5.41, 5.74) is 2.67. The molecule has 162 valence electrons. The Hall–Kier alpha value is -2.64. The number of ether oxygens (including phenoxy) is 2. The molecule has 1 amide bonds. The van der Waals surface area contributed by atoms with Crippen molar-refractivity contribution in [2.45, 2.75) is 26.4 Å². The van der Waals surface area contributed by atoms with Crippen LogP contribution in [0.2, 0.25) is 0 Å². The second kappa shape index (κ2) is 9.91. The number of carbonyl (C=O) groups excluding carboxylic acids is 1. The van der Waals surface area contributed by atoms with Crippen LogP contribution in [0.3, 0.4) is 0 Å². The normalized spacial score (nSPS) is 19.8. The van der Waals surface area contributed by atoms with Crippen LogP contribution in [0.1, 0.15) is 18.1 Å². The van der Waals surface area contributed by atoms with Crippen molar-refractivity contribution < 1.29 is 28.5 Å². The Morgan fingerprint density at radius 2 is 1.73 bits per heavy atom. The first-order valence-electron chi connectivity index (χ1n) is 10.4. The van der Waals surface area contributed by atoms with E-state index in [2.05, 4.69) is 18.3 Å². The van der Waals surface area contributed by atoms with Gasteiger partial charge < -0.3 is 24.6 Å². The highest BCUT2D eigenvalue weighted by molar-refractivity contribution is 5.93. The fourth-order valence-electron chi connectivity index (χ4n) is 4.01. The molecule has 1 fully saturated rings. The van der Waals surface area contributed by atoms with Crippen LogP contribution in [-0.2, 0) is 11.3 Å². The molecular formula is C23H32FN3O3+2. The summed E-state index contributed by atoms with van der Waals surface area (Å²) >= 11 is 0. The molecule has 0 aliphatic carbocycles. The van der Waals surface area contributed by atoms with Crippen LogP contribution in [0.5, 0.6) is 11.5 Å². The summed E-state index contributed by atoms with van der Waals surface area (Å²) in [6.07, 6.45) is 0. The van der Waals surface area contributed by atoms with Gasteiger partial charge in [0.1, 0.15) is 38.5 Å². The van der Waals surface area contributed by atoms with Gasteiger partial charge in [-0.3, -0.25) is 4.79 Å². The highest BCUT2D eigenvalue weighted by Crippen LogP contribution is 2.29. The number of hydrogen-bond acceptors (Lipinski definition) is 3. The predicted octanol–water partition coefficient (Wildman–Crippen LogP) is 0.462. The van der Waals surface area contributed by atoms with E-state index in [1.807, 2.05) is 13.0 Å². The Morgan fingerprint density at radius 3 is 2.37 bits per heavy atom. The molecule has 2 aromatic carbocycles. The average Bonchev–Trinajstić information content (AvgIpc) is 2.76. The maximum Gasteiger partial charge on any atom is 0.282 e. The van der Waals surface area contributed by atoms with Crippen LogP contribution in [0.25, 0.3) is 0 Å². The fourth-order valence-corrected chi connectivity index (χ4v) is 4.01. The number of halogens is 1. The third-order valence-electron chi connectivity index (χ3n) is 6.02. The van der Waals surface area contributed by atoms with E-state index < -0.39 is 5.82 Å². The summed E-state index contributed by atoms with van der Waals surface area (Å²) in [5.74, 6) is 0.944. The van der Waals surface area contributed by atoms with Crippen LogP contribution in [0, 0.1) is 12.7 Å². The molecule has 30 heavy (non-hydrogen) atoms. The lowest BCUT2D eigenvalue weighted by atomic mass is 10.1. The lowest BCUT2D eigenvalue weighted by Gasteiger charge is -2.33. The van der Waals surface area contributed by atoms with Crippen LogP contribution in [0.15, 0.2) is 36.4 Å². The summed E-state index contributed by atoms with van der Waals surface area (Å²) in [7, 11) is 3.30. The van der Waals surface area contributed by atoms with E-state index in [1.54, 1.807) is 32.4 Å². The number of nitrogens with one attached hydrogen (secondary N) is 3. The van der Waals surface area contributed by atoms with E-state index in [1.165, 1.54) is 27.0 Å². The molecule has 3 N–H and O–H groups in total. The molecule has 0 aromatic heterocycles. The number of quaternary nitrogens is 2. The van der Waals surface area contributed by atoms with Crippen molar-refractivity contribution in [1.82, 2.24) is 0 Å². The number of amides is 1. The molecule has 1 atom stereocenters. The Labute approximate surface area is 177 Å². The minimum absolute atomic E-state index is 0.144. The molecule has 1 heterocycles. The van der Waals surface area contributed by atoms with E-state index in [0.29, 0.717) is 0 Å². The molecular weight excluding hydrogens is 385 g/mol. The Bertz CT molecular complexity index is 882. The monoisotopic (exact) mass is 417 g/mol. The number of para-hydroxylation sites is 1. The molecule has 1 aliphatic heterocycles. The number of benzene rings is 2. The molecule has 6 nitrogen and oxygen atoms in total. The van der Waals surface area contributed by atoms with Crippen molar-refractivity contribution in [2.75, 3.05) is 45.7 Å². The van der Waals surface area contributed by atoms with Crippen molar-refractivity contribution in [3.63, 3.8) is 0 Å². The molecule has 0 unspecified atom stereocenters. The van der Waals surface area contributed by atoms with Gasteiger partial charge in [-0.15, -0.1) is 0 Å². The molecule has 0 saturated carbocycles. The molecule has 0 bridgehead atoms. The van der Waals surface area contributed by atoms with Gasteiger partial charge in [0, 0.05) is 5.56 Å². The highest BCUT2D eigenvalue weighted by atomic mass is 19.1. The second-order valence-corrected chi connectivity index (χ2v) is 7.91. The minimum Gasteiger partial charge on any atom is -0.493 e. The van der Waals surface area contributed by atoms with Gasteiger partial charge in [-0.25, -0.2) is 4.39 Å². The summed E-state index contributed by atoms with van der Waals surface area (Å²) in [4.78, 5) is 15.3. The fraction of sp³-hybridized carbons (Fsp3) is 0.435. The van der Waals surface area contributed by atoms with Gasteiger partial charge in [-0.2, -0.15) is 0 Å². The SMILES string of the molecule is COc1cc(C)c(C[NH+]2CC[NH+]([C@H](C)C(=O)Nc3ccccc3F)CC2)cc1OC. The molecule has 1 saturated heterocycles. The van der Waals surface area contributed by atoms with E-state index in [-0.39, 0.29) is 17.6 Å². The summed E-state index contributed by atoms with van der Waals surface area (Å²) in [6, 6.07) is 10.1. The number of piperazine rings is 1. The van der Waals surface area contributed by atoms with Gasteiger partial charge in [-0.1, -0.05) is 12.1 Å². The average molecular weight is 418 g/mol. The third-order valence-corrected chi connectivity index (χ3v) is 6.02. The van der Waals surface area contributed by atoms with Gasteiger partial charge in [0.05, 0.1) is 19.9 Å². The number of carbonyl (C=O) groups is 1. The van der Waals surface area contributed by atoms with Gasteiger partial charge in [0.2, 0.25) is 0 Å². The first-order valence-corrected chi connectivity index (χ1v) is 10.4. The lowest BCUT2D eigenvalue weighted by Crippen LogP contribution is -3.29. The van der Waals surface area contributed by atoms with E-state index in [4.69, 9.17) is 9.47 Å². The zero-order valence-corrected chi connectivity index (χ0v) is 18.2. The molecule has 3 rings (SSSR count). The quantitative estimate of drug-likeness (QED) is 0.614. The first-order chi connectivity index (χ1) is 14.4. The highest BCUT2D eigenvalue weighted by Gasteiger charge is 2.31. The Morgan fingerprint density at radius 1 is 1.10 bits per heavy atom. The van der Waals surface area contributed by atoms with Crippen LogP contribution in [-0.4, -0.2) is 52.3 Å². The van der Waals surface area contributed by atoms with Crippen LogP contribution in [0.4, 0.5) is 10.1 Å². The molecule has 2 aromatic rings. The van der Waals surface area contributed by atoms with Gasteiger partial charge in [0.25, 0.3) is 5.91 Å². The molecule has 1 aliphatic rings. The van der Waals surface area contributed by atoms with Crippen molar-refractivity contribution >= 4 is 11.6 Å². The first kappa shape index (κ1) is 22.1. The standard InChI is InChI=1S/C23H30FN3O3/c1-16-13-21(29-3)22(30-4)14-18(16)15-26-9-11-27(12-10-26)17(2)23(28)25-20-8-6-5-7-19(20)24/h5-8,13-14,17H,9-12,15H2,1-4H3,(H,25,28)/p+2/t17-/m1/s1. The van der Waals surface area contributed by atoms with E-state index in [0.717, 1.165) is 44.2 Å². The number of anilines is 1. The number of rotatable bonds is 7. The Balaban J connectivity index is 1.56.